The highest BCUT2D eigenvalue weighted by atomic mass is 32.2. The Balaban J connectivity index is 2.76. The Kier molecular flexibility index (Phi) is 5.31. The summed E-state index contributed by atoms with van der Waals surface area (Å²) >= 11 is 0. The van der Waals surface area contributed by atoms with E-state index in [2.05, 4.69) is 4.36 Å². The van der Waals surface area contributed by atoms with Crippen LogP contribution >= 0.6 is 0 Å². The fourth-order valence-corrected chi connectivity index (χ4v) is 2.14. The molecule has 0 aliphatic rings. The molecule has 0 saturated heterocycles. The van der Waals surface area contributed by atoms with E-state index in [4.69, 9.17) is 5.73 Å². The van der Waals surface area contributed by atoms with E-state index in [0.717, 1.165) is 0 Å². The van der Waals surface area contributed by atoms with Gasteiger partial charge in [-0.05, 0) is 12.3 Å². The third-order valence-corrected chi connectivity index (χ3v) is 3.18. The lowest BCUT2D eigenvalue weighted by molar-refractivity contribution is -0.119. The largest absolute Gasteiger partial charge is 0.440 e. The summed E-state index contributed by atoms with van der Waals surface area (Å²) in [6.07, 6.45) is 0.550. The molecule has 2 N–H and O–H groups in total. The van der Waals surface area contributed by atoms with Crippen molar-refractivity contribution in [3.63, 3.8) is 0 Å². The second-order valence-corrected chi connectivity index (χ2v) is 5.38. The zero-order valence-electron chi connectivity index (χ0n) is 10.00. The quantitative estimate of drug-likeness (QED) is 0.835. The first kappa shape index (κ1) is 13.9. The molecule has 0 aromatic heterocycles. The molecule has 1 atom stereocenters. The van der Waals surface area contributed by atoms with Crippen molar-refractivity contribution >= 4 is 16.5 Å². The molecule has 1 amide bonds. The number of carbonyl (C=O) groups excluding carboxylic acids is 1. The third kappa shape index (κ3) is 4.66. The second kappa shape index (κ2) is 6.51. The maximum Gasteiger partial charge on any atom is 0.239 e. The molecule has 1 rings (SSSR count). The van der Waals surface area contributed by atoms with Crippen LogP contribution in [0.1, 0.15) is 20.3 Å². The Morgan fingerprint density at radius 3 is 2.47 bits per heavy atom. The molecule has 0 unspecified atom stereocenters. The average molecular weight is 253 g/mol. The van der Waals surface area contributed by atoms with E-state index in [-0.39, 0.29) is 0 Å². The number of nitrogens with two attached hydrogens (primary N) is 1. The molecular weight excluding hydrogens is 236 g/mol. The molecule has 0 aliphatic carbocycles. The fraction of sp³-hybridized carbons (Fsp3) is 0.417. The first-order valence-corrected chi connectivity index (χ1v) is 6.59. The number of hydrogen-bond donors (Lipinski definition) is 1. The van der Waals surface area contributed by atoms with Gasteiger partial charge in [0.05, 0.1) is 6.04 Å². The van der Waals surface area contributed by atoms with E-state index in [0.29, 0.717) is 17.2 Å². The van der Waals surface area contributed by atoms with Crippen LogP contribution in [0.5, 0.6) is 0 Å². The second-order valence-electron chi connectivity index (χ2n) is 4.23. The Labute approximate surface area is 103 Å². The highest BCUT2D eigenvalue weighted by Crippen LogP contribution is 2.06. The Bertz CT molecular complexity index is 451. The monoisotopic (exact) mass is 253 g/mol. The zero-order valence-corrected chi connectivity index (χ0v) is 10.8. The summed E-state index contributed by atoms with van der Waals surface area (Å²) < 4.78 is 15.3. The number of amides is 1. The lowest BCUT2D eigenvalue weighted by Crippen LogP contribution is -2.30. The van der Waals surface area contributed by atoms with Gasteiger partial charge >= 0.3 is 0 Å². The average Bonchev–Trinajstić information content (AvgIpc) is 2.29. The molecule has 0 spiro atoms. The fourth-order valence-electron chi connectivity index (χ4n) is 1.35. The molecule has 0 fully saturated rings. The van der Waals surface area contributed by atoms with Crippen LogP contribution in [0.3, 0.4) is 0 Å². The topological polar surface area (TPSA) is 72.5 Å². The number of nitrogens with zero attached hydrogens (tertiary/aromatic N) is 1. The third-order valence-electron chi connectivity index (χ3n) is 2.16. The van der Waals surface area contributed by atoms with Gasteiger partial charge in [0.15, 0.2) is 0 Å². The van der Waals surface area contributed by atoms with Gasteiger partial charge in [-0.3, -0.25) is 4.79 Å². The van der Waals surface area contributed by atoms with Crippen molar-refractivity contribution < 1.29 is 9.00 Å². The minimum Gasteiger partial charge on any atom is -0.440 e. The number of rotatable bonds is 4. The molecule has 5 heteroatoms. The van der Waals surface area contributed by atoms with Crippen LogP contribution in [0.15, 0.2) is 39.6 Å². The summed E-state index contributed by atoms with van der Waals surface area (Å²) in [7, 11) is -1.65. The molecular formula is C12H17N2O2S-. The van der Waals surface area contributed by atoms with Crippen LogP contribution in [0.25, 0.3) is 0 Å². The zero-order chi connectivity index (χ0) is 12.8. The molecule has 17 heavy (non-hydrogen) atoms. The molecule has 0 heterocycles. The van der Waals surface area contributed by atoms with Gasteiger partial charge in [-0.15, -0.1) is 0 Å². The first-order chi connectivity index (χ1) is 8.00. The van der Waals surface area contributed by atoms with Crippen LogP contribution in [-0.4, -0.2) is 11.9 Å². The first-order valence-electron chi connectivity index (χ1n) is 5.48. The van der Waals surface area contributed by atoms with E-state index in [1.165, 1.54) is 0 Å². The molecule has 0 aliphatic heterocycles. The summed E-state index contributed by atoms with van der Waals surface area (Å²) in [6.45, 7) is 3.95. The van der Waals surface area contributed by atoms with Crippen molar-refractivity contribution in [3.8, 4) is 0 Å². The van der Waals surface area contributed by atoms with E-state index < -0.39 is 22.5 Å². The Hall–Kier alpha value is -1.20. The summed E-state index contributed by atoms with van der Waals surface area (Å²) in [5.41, 5.74) is 5.67. The molecule has 0 radical (unpaired) electrons. The summed E-state index contributed by atoms with van der Waals surface area (Å²) in [5.74, 6) is -0.185. The van der Waals surface area contributed by atoms with Crippen molar-refractivity contribution in [1.82, 2.24) is 0 Å². The van der Waals surface area contributed by atoms with Gasteiger partial charge in [-0.1, -0.05) is 49.1 Å². The summed E-state index contributed by atoms with van der Waals surface area (Å²) in [5, 5.41) is 0. The van der Waals surface area contributed by atoms with Crippen molar-refractivity contribution in [2.45, 2.75) is 31.2 Å². The lowest BCUT2D eigenvalue weighted by atomic mass is 10.0. The number of carbonyl (C=O) groups is 1. The summed E-state index contributed by atoms with van der Waals surface area (Å²) in [4.78, 5) is 12.1. The van der Waals surface area contributed by atoms with Crippen LogP contribution in [0, 0.1) is 5.92 Å². The predicted octanol–water partition coefficient (Wildman–Crippen LogP) is 2.09. The van der Waals surface area contributed by atoms with Crippen LogP contribution < -0.4 is 5.73 Å². The van der Waals surface area contributed by atoms with Crippen LogP contribution in [0.4, 0.5) is 0 Å². The van der Waals surface area contributed by atoms with Crippen molar-refractivity contribution in [2.24, 2.45) is 16.0 Å². The van der Waals surface area contributed by atoms with Gasteiger partial charge in [0.1, 0.15) is 0 Å². The minimum absolute atomic E-state index is 0.314. The molecule has 1 aromatic carbocycles. The van der Waals surface area contributed by atoms with Crippen molar-refractivity contribution in [2.75, 3.05) is 0 Å². The van der Waals surface area contributed by atoms with Gasteiger partial charge in [-0.2, -0.15) is 10.6 Å². The van der Waals surface area contributed by atoms with E-state index in [9.17, 15) is 9.00 Å². The standard InChI is InChI=1S/C12H17N2O2S/c1-9(2)8-11(13)12(15)14-17(16)10-6-4-3-5-7-10/h3-7,9,11H,8,13H2,1-2H3/q-1/t11-/m0/s1. The predicted molar refractivity (Wildman–Crippen MR) is 67.6 cm³/mol. The van der Waals surface area contributed by atoms with E-state index in [1.54, 1.807) is 24.3 Å². The van der Waals surface area contributed by atoms with Gasteiger partial charge in [0, 0.05) is 0 Å². The molecule has 94 valence electrons. The molecule has 1 aromatic rings. The van der Waals surface area contributed by atoms with Gasteiger partial charge in [-0.25, -0.2) is 0 Å². The highest BCUT2D eigenvalue weighted by Gasteiger charge is 2.11. The van der Waals surface area contributed by atoms with Crippen LogP contribution in [0.2, 0.25) is 0 Å². The maximum atomic E-state index is 11.7. The molecule has 4 nitrogen and oxygen atoms in total. The van der Waals surface area contributed by atoms with Crippen molar-refractivity contribution in [1.29, 1.82) is 0 Å². The summed E-state index contributed by atoms with van der Waals surface area (Å²) in [6, 6.07) is 7.99. The smallest absolute Gasteiger partial charge is 0.239 e. The SMILES string of the molecule is CC(C)C[C@H](N)C(=O)N=[S-](=O)c1ccccc1. The molecule has 0 bridgehead atoms. The van der Waals surface area contributed by atoms with Crippen LogP contribution in [-0.2, 0) is 19.6 Å². The Morgan fingerprint density at radius 2 is 1.94 bits per heavy atom. The van der Waals surface area contributed by atoms with Crippen molar-refractivity contribution in [3.05, 3.63) is 30.3 Å². The van der Waals surface area contributed by atoms with E-state index >= 15 is 0 Å². The van der Waals surface area contributed by atoms with E-state index in [1.807, 2.05) is 19.9 Å². The van der Waals surface area contributed by atoms with Gasteiger partial charge in [0.25, 0.3) is 0 Å². The van der Waals surface area contributed by atoms with Gasteiger partial charge in [0.2, 0.25) is 5.91 Å². The number of hydrogen-bond acceptors (Lipinski definition) is 4. The normalized spacial score (nSPS) is 14.8. The van der Waals surface area contributed by atoms with Gasteiger partial charge < -0.3 is 14.3 Å². The highest BCUT2D eigenvalue weighted by molar-refractivity contribution is 7.75. The minimum atomic E-state index is -1.65. The maximum absolute atomic E-state index is 11.7. The Morgan fingerprint density at radius 1 is 1.35 bits per heavy atom. The lowest BCUT2D eigenvalue weighted by Gasteiger charge is -2.12. The number of benzene rings is 1. The molecule has 0 saturated carbocycles.